The summed E-state index contributed by atoms with van der Waals surface area (Å²) >= 11 is 0. The van der Waals surface area contributed by atoms with Gasteiger partial charge < -0.3 is 24.4 Å². The molecule has 3 aromatic heterocycles. The van der Waals surface area contributed by atoms with E-state index in [-0.39, 0.29) is 28.5 Å². The molecule has 5 aromatic rings. The molecule has 1 saturated heterocycles. The molecule has 0 saturated carbocycles. The Morgan fingerprint density at radius 1 is 0.942 bits per heavy atom. The summed E-state index contributed by atoms with van der Waals surface area (Å²) in [5, 5.41) is 3.39. The van der Waals surface area contributed by atoms with E-state index in [0.29, 0.717) is 79.4 Å². The lowest BCUT2D eigenvalue weighted by Crippen LogP contribution is -2.39. The van der Waals surface area contributed by atoms with Crippen LogP contribution in [-0.4, -0.2) is 64.6 Å². The molecule has 0 spiro atoms. The first-order valence-electron chi connectivity index (χ1n) is 17.3. The van der Waals surface area contributed by atoms with Crippen LogP contribution in [-0.2, 0) is 37.3 Å². The van der Waals surface area contributed by atoms with Crippen LogP contribution in [0.3, 0.4) is 0 Å². The molecule has 270 valence electrons. The number of hydrogen-bond donors (Lipinski definition) is 1. The van der Waals surface area contributed by atoms with Gasteiger partial charge >= 0.3 is 6.09 Å². The van der Waals surface area contributed by atoms with Crippen LogP contribution in [0.1, 0.15) is 50.3 Å². The number of anilines is 1. The molecule has 12 nitrogen and oxygen atoms in total. The predicted molar refractivity (Wildman–Crippen MR) is 196 cm³/mol. The van der Waals surface area contributed by atoms with Gasteiger partial charge in [0.25, 0.3) is 10.0 Å². The van der Waals surface area contributed by atoms with E-state index in [2.05, 4.69) is 15.3 Å². The number of aryl methyl sites for hydroxylation is 1. The van der Waals surface area contributed by atoms with Crippen molar-refractivity contribution < 1.29 is 32.2 Å². The lowest BCUT2D eigenvalue weighted by atomic mass is 9.99. The maximum atomic E-state index is 14.2. The summed E-state index contributed by atoms with van der Waals surface area (Å²) < 4.78 is 47.0. The highest BCUT2D eigenvalue weighted by Crippen LogP contribution is 2.40. The van der Waals surface area contributed by atoms with Crippen molar-refractivity contribution >= 4 is 38.9 Å². The summed E-state index contributed by atoms with van der Waals surface area (Å²) in [5.74, 6) is 0.907. The van der Waals surface area contributed by atoms with Gasteiger partial charge in [-0.05, 0) is 106 Å². The summed E-state index contributed by atoms with van der Waals surface area (Å²) in [7, 11) is -4.09. The first kappa shape index (κ1) is 35.1. The molecule has 13 heteroatoms. The van der Waals surface area contributed by atoms with Gasteiger partial charge in [-0.3, -0.25) is 4.79 Å². The van der Waals surface area contributed by atoms with E-state index in [9.17, 15) is 18.0 Å². The molecule has 0 atom stereocenters. The third-order valence-corrected chi connectivity index (χ3v) is 10.8. The number of rotatable bonds is 7. The number of carbonyl (C=O) groups excluding carboxylic acids is 2. The minimum atomic E-state index is -4.09. The fourth-order valence-electron chi connectivity index (χ4n) is 6.47. The van der Waals surface area contributed by atoms with Gasteiger partial charge in [0.2, 0.25) is 5.91 Å². The third kappa shape index (κ3) is 7.37. The molecule has 0 bridgehead atoms. The number of hydrogen-bond acceptors (Lipinski definition) is 9. The molecule has 2 aliphatic rings. The number of nitrogens with one attached hydrogen (secondary N) is 1. The Bertz CT molecular complexity index is 2260. The first-order valence-corrected chi connectivity index (χ1v) is 18.7. The van der Waals surface area contributed by atoms with Crippen LogP contribution >= 0.6 is 0 Å². The molecule has 1 N–H and O–H groups in total. The van der Waals surface area contributed by atoms with Crippen molar-refractivity contribution in [3.63, 3.8) is 0 Å². The fraction of sp³-hybridized carbons (Fsp3) is 0.333. The van der Waals surface area contributed by atoms with Gasteiger partial charge in [0, 0.05) is 56.4 Å². The maximum absolute atomic E-state index is 14.2. The highest BCUT2D eigenvalue weighted by Gasteiger charge is 2.28. The largest absolute Gasteiger partial charge is 0.457 e. The smallest absolute Gasteiger partial charge is 0.410 e. The molecule has 0 aliphatic carbocycles. The zero-order valence-corrected chi connectivity index (χ0v) is 30.4. The van der Waals surface area contributed by atoms with E-state index in [1.54, 1.807) is 53.6 Å². The van der Waals surface area contributed by atoms with E-state index in [4.69, 9.17) is 14.2 Å². The van der Waals surface area contributed by atoms with Crippen LogP contribution in [0.25, 0.3) is 22.2 Å². The van der Waals surface area contributed by atoms with Crippen LogP contribution in [0.2, 0.25) is 0 Å². The van der Waals surface area contributed by atoms with Gasteiger partial charge in [0.1, 0.15) is 22.9 Å². The van der Waals surface area contributed by atoms with Crippen molar-refractivity contribution in [3.8, 4) is 22.6 Å². The van der Waals surface area contributed by atoms with E-state index in [1.807, 2.05) is 45.9 Å². The van der Waals surface area contributed by atoms with Crippen molar-refractivity contribution in [1.29, 1.82) is 0 Å². The highest BCUT2D eigenvalue weighted by molar-refractivity contribution is 7.90. The molecule has 1 fully saturated rings. The Morgan fingerprint density at radius 3 is 2.44 bits per heavy atom. The molecule has 2 amide bonds. The van der Waals surface area contributed by atoms with E-state index < -0.39 is 15.6 Å². The van der Waals surface area contributed by atoms with Crippen molar-refractivity contribution in [1.82, 2.24) is 18.8 Å². The van der Waals surface area contributed by atoms with Crippen LogP contribution in [0, 0.1) is 12.8 Å². The summed E-state index contributed by atoms with van der Waals surface area (Å²) in [6.07, 6.45) is 6.18. The van der Waals surface area contributed by atoms with Crippen LogP contribution < -0.4 is 10.1 Å². The molecular formula is C39H41N5O7S. The minimum absolute atomic E-state index is 0.109. The second-order valence-electron chi connectivity index (χ2n) is 14.2. The van der Waals surface area contributed by atoms with Crippen molar-refractivity contribution in [2.75, 3.05) is 25.1 Å². The Balaban J connectivity index is 1.28. The summed E-state index contributed by atoms with van der Waals surface area (Å²) in [6.45, 7) is 9.38. The predicted octanol–water partition coefficient (Wildman–Crippen LogP) is 7.09. The monoisotopic (exact) mass is 723 g/mol. The van der Waals surface area contributed by atoms with E-state index in [0.717, 1.165) is 16.7 Å². The molecule has 0 unspecified atom stereocenters. The zero-order chi connectivity index (χ0) is 36.6. The molecular weight excluding hydrogens is 683 g/mol. The van der Waals surface area contributed by atoms with E-state index in [1.165, 1.54) is 16.4 Å². The lowest BCUT2D eigenvalue weighted by Gasteiger charge is -2.31. The van der Waals surface area contributed by atoms with Crippen LogP contribution in [0.4, 0.5) is 10.6 Å². The number of aromatic nitrogens is 3. The van der Waals surface area contributed by atoms with Gasteiger partial charge in [-0.2, -0.15) is 0 Å². The topological polar surface area (TPSA) is 142 Å². The number of ether oxygens (including phenoxy) is 3. The van der Waals surface area contributed by atoms with Gasteiger partial charge in [-0.1, -0.05) is 23.8 Å². The standard InChI is InChI=1S/C39H41N5O7S/c1-25-5-9-31(10-6-25)52(47,48)44-24-32(28-11-16-40-34(22-28)42-37(45)27-14-19-49-20-15-27)35-33(12-17-41-36(35)44)50-30-8-7-26-13-18-43(23-29(26)21-30)38(46)51-39(2,3)4/h5-12,16-17,21-22,24,27H,13-15,18-20,23H2,1-4H3,(H,40,42,45). The fourth-order valence-corrected chi connectivity index (χ4v) is 7.79. The minimum Gasteiger partial charge on any atom is -0.457 e. The zero-order valence-electron chi connectivity index (χ0n) is 29.6. The molecule has 2 aliphatic heterocycles. The molecule has 52 heavy (non-hydrogen) atoms. The Kier molecular flexibility index (Phi) is 9.49. The lowest BCUT2D eigenvalue weighted by molar-refractivity contribution is -0.122. The number of pyridine rings is 2. The number of fused-ring (bicyclic) bond motifs is 2. The van der Waals surface area contributed by atoms with Crippen LogP contribution in [0.15, 0.2) is 84.1 Å². The summed E-state index contributed by atoms with van der Waals surface area (Å²) in [5.41, 5.74) is 3.66. The van der Waals surface area contributed by atoms with Crippen molar-refractivity contribution in [2.45, 2.75) is 64.0 Å². The number of benzene rings is 2. The molecule has 0 radical (unpaired) electrons. The third-order valence-electron chi connectivity index (χ3n) is 9.18. The highest BCUT2D eigenvalue weighted by atomic mass is 32.2. The number of carbonyl (C=O) groups is 2. The van der Waals surface area contributed by atoms with Crippen LogP contribution in [0.5, 0.6) is 11.5 Å². The Hall–Kier alpha value is -5.27. The second-order valence-corrected chi connectivity index (χ2v) is 16.0. The van der Waals surface area contributed by atoms with Gasteiger partial charge in [0.05, 0.1) is 10.3 Å². The van der Waals surface area contributed by atoms with Gasteiger partial charge in [-0.25, -0.2) is 27.2 Å². The average Bonchev–Trinajstić information content (AvgIpc) is 3.53. The molecule has 7 rings (SSSR count). The number of amides is 2. The maximum Gasteiger partial charge on any atom is 0.410 e. The Morgan fingerprint density at radius 2 is 1.69 bits per heavy atom. The quantitative estimate of drug-likeness (QED) is 0.186. The number of nitrogens with zero attached hydrogens (tertiary/aromatic N) is 4. The normalized spacial score (nSPS) is 15.3. The van der Waals surface area contributed by atoms with Gasteiger partial charge in [-0.15, -0.1) is 0 Å². The van der Waals surface area contributed by atoms with Crippen molar-refractivity contribution in [2.24, 2.45) is 5.92 Å². The molecule has 5 heterocycles. The second kappa shape index (κ2) is 14.0. The first-order chi connectivity index (χ1) is 24.9. The SMILES string of the molecule is Cc1ccc(S(=O)(=O)n2cc(-c3ccnc(NC(=O)C4CCOCC4)c3)c3c(Oc4ccc5c(c4)CN(C(=O)OC(C)(C)C)CC5)ccnc32)cc1. The Labute approximate surface area is 302 Å². The molecule has 2 aromatic carbocycles. The van der Waals surface area contributed by atoms with Crippen molar-refractivity contribution in [3.05, 3.63) is 95.9 Å². The summed E-state index contributed by atoms with van der Waals surface area (Å²) in [4.78, 5) is 36.7. The van der Waals surface area contributed by atoms with E-state index >= 15 is 0 Å². The average molecular weight is 724 g/mol. The summed E-state index contributed by atoms with van der Waals surface area (Å²) in [6, 6.07) is 17.5. The van der Waals surface area contributed by atoms with Gasteiger partial charge in [0.15, 0.2) is 5.65 Å².